The van der Waals surface area contributed by atoms with E-state index in [1.165, 1.54) is 23.1 Å². The summed E-state index contributed by atoms with van der Waals surface area (Å²) in [5.74, 6) is -0.180. The molecule has 32 heavy (non-hydrogen) atoms. The van der Waals surface area contributed by atoms with Crippen molar-refractivity contribution in [2.75, 3.05) is 5.32 Å². The fraction of sp³-hybridized carbons (Fsp3) is 0. The Morgan fingerprint density at radius 3 is 2.59 bits per heavy atom. The van der Waals surface area contributed by atoms with Gasteiger partial charge in [0.15, 0.2) is 0 Å². The smallest absolute Gasteiger partial charge is 0.275 e. The van der Waals surface area contributed by atoms with Crippen LogP contribution in [0.25, 0.3) is 16.8 Å². The normalized spacial score (nSPS) is 11.0. The van der Waals surface area contributed by atoms with Gasteiger partial charge >= 0.3 is 0 Å². The van der Waals surface area contributed by atoms with Crippen molar-refractivity contribution in [2.45, 2.75) is 4.90 Å². The Morgan fingerprint density at radius 2 is 1.88 bits per heavy atom. The zero-order chi connectivity index (χ0) is 22.7. The summed E-state index contributed by atoms with van der Waals surface area (Å²) in [6, 6.07) is 19.9. The summed E-state index contributed by atoms with van der Waals surface area (Å²) in [4.78, 5) is 17.0. The van der Waals surface area contributed by atoms with Gasteiger partial charge in [0.25, 0.3) is 5.91 Å². The number of benzene rings is 2. The maximum absolute atomic E-state index is 12.8. The topological polar surface area (TPSA) is 144 Å². The molecule has 1 amide bonds. The van der Waals surface area contributed by atoms with Gasteiger partial charge in [-0.3, -0.25) is 4.79 Å². The van der Waals surface area contributed by atoms with Crippen LogP contribution in [-0.4, -0.2) is 29.1 Å². The number of primary sulfonamides is 1. The van der Waals surface area contributed by atoms with Gasteiger partial charge in [-0.15, -0.1) is 0 Å². The van der Waals surface area contributed by atoms with E-state index in [0.717, 1.165) is 0 Å². The summed E-state index contributed by atoms with van der Waals surface area (Å²) in [6.45, 7) is 0. The zero-order valence-corrected chi connectivity index (χ0v) is 17.3. The highest BCUT2D eigenvalue weighted by molar-refractivity contribution is 7.89. The van der Waals surface area contributed by atoms with Gasteiger partial charge in [-0.1, -0.05) is 24.3 Å². The fourth-order valence-corrected chi connectivity index (χ4v) is 3.91. The van der Waals surface area contributed by atoms with E-state index in [1.807, 2.05) is 0 Å². The average Bonchev–Trinajstić information content (AvgIpc) is 3.29. The summed E-state index contributed by atoms with van der Waals surface area (Å²) in [6.07, 6.45) is 2.93. The van der Waals surface area contributed by atoms with E-state index in [4.69, 9.17) is 10.4 Å². The van der Waals surface area contributed by atoms with Crippen LogP contribution in [0.4, 0.5) is 5.82 Å². The average molecular weight is 444 g/mol. The van der Waals surface area contributed by atoms with Crippen LogP contribution in [0.5, 0.6) is 0 Å². The highest BCUT2D eigenvalue weighted by Crippen LogP contribution is 2.26. The lowest BCUT2D eigenvalue weighted by atomic mass is 10.1. The molecule has 0 atom stereocenters. The number of hydrogen-bond acceptors (Lipinski definition) is 6. The van der Waals surface area contributed by atoms with Crippen molar-refractivity contribution < 1.29 is 13.2 Å². The second-order valence-electron chi connectivity index (χ2n) is 6.72. The molecule has 0 unspecified atom stereocenters. The van der Waals surface area contributed by atoms with E-state index in [0.29, 0.717) is 22.4 Å². The molecule has 4 aromatic rings. The molecule has 0 saturated heterocycles. The molecule has 0 saturated carbocycles. The first-order valence-electron chi connectivity index (χ1n) is 9.31. The largest absolute Gasteiger partial charge is 0.305 e. The third kappa shape index (κ3) is 4.24. The number of nitrogens with one attached hydrogen (secondary N) is 1. The molecule has 0 bridgehead atoms. The van der Waals surface area contributed by atoms with Crippen molar-refractivity contribution in [1.82, 2.24) is 14.8 Å². The first kappa shape index (κ1) is 20.9. The number of hydrogen-bond donors (Lipinski definition) is 2. The first-order chi connectivity index (χ1) is 15.4. The Bertz CT molecular complexity index is 1450. The maximum atomic E-state index is 12.8. The monoisotopic (exact) mass is 444 g/mol. The molecule has 4 rings (SSSR count). The molecule has 2 aromatic carbocycles. The summed E-state index contributed by atoms with van der Waals surface area (Å²) in [5.41, 5.74) is 2.22. The summed E-state index contributed by atoms with van der Waals surface area (Å²) in [7, 11) is -3.90. The van der Waals surface area contributed by atoms with Crippen LogP contribution in [0.3, 0.4) is 0 Å². The van der Waals surface area contributed by atoms with Crippen molar-refractivity contribution in [3.05, 3.63) is 90.4 Å². The predicted octanol–water partition coefficient (Wildman–Crippen LogP) is 2.71. The van der Waals surface area contributed by atoms with Crippen LogP contribution in [0.15, 0.2) is 84.0 Å². The number of sulfonamides is 1. The number of carbonyl (C=O) groups is 1. The van der Waals surface area contributed by atoms with Crippen LogP contribution >= 0.6 is 0 Å². The second kappa shape index (κ2) is 8.43. The summed E-state index contributed by atoms with van der Waals surface area (Å²) in [5, 5.41) is 21.2. The lowest BCUT2D eigenvalue weighted by Gasteiger charge is -2.10. The Balaban J connectivity index is 1.58. The fourth-order valence-electron chi connectivity index (χ4n) is 3.15. The minimum absolute atomic E-state index is 0.0120. The van der Waals surface area contributed by atoms with Crippen LogP contribution in [0.2, 0.25) is 0 Å². The number of aromatic nitrogens is 3. The third-order valence-corrected chi connectivity index (χ3v) is 5.57. The molecular weight excluding hydrogens is 428 g/mol. The minimum atomic E-state index is -3.90. The molecule has 0 aliphatic carbocycles. The van der Waals surface area contributed by atoms with E-state index >= 15 is 0 Å². The van der Waals surface area contributed by atoms with Gasteiger partial charge in [0.05, 0.1) is 28.4 Å². The maximum Gasteiger partial charge on any atom is 0.275 e. The van der Waals surface area contributed by atoms with Crippen LogP contribution in [-0.2, 0) is 10.0 Å². The Labute approximate surface area is 183 Å². The van der Waals surface area contributed by atoms with E-state index < -0.39 is 15.9 Å². The van der Waals surface area contributed by atoms with Crippen LogP contribution in [0.1, 0.15) is 16.1 Å². The number of nitriles is 1. The number of anilines is 1. The highest BCUT2D eigenvalue weighted by atomic mass is 32.2. The van der Waals surface area contributed by atoms with Gasteiger partial charge in [-0.2, -0.15) is 10.4 Å². The third-order valence-electron chi connectivity index (χ3n) is 4.60. The van der Waals surface area contributed by atoms with Crippen molar-refractivity contribution in [3.63, 3.8) is 0 Å². The van der Waals surface area contributed by atoms with Crippen LogP contribution < -0.4 is 10.5 Å². The molecule has 2 heterocycles. The molecule has 10 heteroatoms. The molecule has 158 valence electrons. The van der Waals surface area contributed by atoms with Gasteiger partial charge < -0.3 is 5.32 Å². The minimum Gasteiger partial charge on any atom is -0.305 e. The summed E-state index contributed by atoms with van der Waals surface area (Å²) < 4.78 is 25.1. The van der Waals surface area contributed by atoms with Gasteiger partial charge in [-0.25, -0.2) is 23.2 Å². The molecular formula is C22H16N6O3S. The standard InChI is InChI=1S/C22H16N6O3S/c23-13-15-4-3-5-17(12-15)28-19(10-11-26-28)22(29)27-21-9-8-16(14-25-21)18-6-1-2-7-20(18)32(24,30)31/h1-12,14H,(H2,24,30,31)(H,25,27,29). The number of amides is 1. The molecule has 9 nitrogen and oxygen atoms in total. The Hall–Kier alpha value is -4.33. The Kier molecular flexibility index (Phi) is 5.51. The van der Waals surface area contributed by atoms with Crippen molar-refractivity contribution >= 4 is 21.7 Å². The zero-order valence-electron chi connectivity index (χ0n) is 16.5. The van der Waals surface area contributed by atoms with Gasteiger partial charge in [0.2, 0.25) is 10.0 Å². The molecule has 0 radical (unpaired) electrons. The van der Waals surface area contributed by atoms with Gasteiger partial charge in [0, 0.05) is 17.3 Å². The number of nitrogens with zero attached hydrogens (tertiary/aromatic N) is 4. The molecule has 0 spiro atoms. The van der Waals surface area contributed by atoms with E-state index in [9.17, 15) is 13.2 Å². The SMILES string of the molecule is N#Cc1cccc(-n2nccc2C(=O)Nc2ccc(-c3ccccc3S(N)(=O)=O)cn2)c1. The van der Waals surface area contributed by atoms with Crippen molar-refractivity contribution in [3.8, 4) is 22.9 Å². The van der Waals surface area contributed by atoms with Crippen molar-refractivity contribution in [1.29, 1.82) is 5.26 Å². The van der Waals surface area contributed by atoms with E-state index in [1.54, 1.807) is 60.7 Å². The lowest BCUT2D eigenvalue weighted by molar-refractivity contribution is 0.101. The quantitative estimate of drug-likeness (QED) is 0.484. The molecule has 2 aromatic heterocycles. The second-order valence-corrected chi connectivity index (χ2v) is 8.25. The van der Waals surface area contributed by atoms with E-state index in [2.05, 4.69) is 21.5 Å². The highest BCUT2D eigenvalue weighted by Gasteiger charge is 2.17. The Morgan fingerprint density at radius 1 is 1.06 bits per heavy atom. The molecule has 0 aliphatic rings. The predicted molar refractivity (Wildman–Crippen MR) is 117 cm³/mol. The molecule has 0 fully saturated rings. The first-order valence-corrected chi connectivity index (χ1v) is 10.9. The molecule has 3 N–H and O–H groups in total. The number of nitrogens with two attached hydrogens (primary N) is 1. The van der Waals surface area contributed by atoms with E-state index in [-0.39, 0.29) is 16.4 Å². The van der Waals surface area contributed by atoms with Gasteiger partial charge in [0.1, 0.15) is 11.5 Å². The van der Waals surface area contributed by atoms with Gasteiger partial charge in [-0.05, 0) is 42.5 Å². The lowest BCUT2D eigenvalue weighted by Crippen LogP contribution is -2.17. The number of pyridine rings is 1. The molecule has 0 aliphatic heterocycles. The number of carbonyl (C=O) groups excluding carboxylic acids is 1. The number of rotatable bonds is 5. The summed E-state index contributed by atoms with van der Waals surface area (Å²) >= 11 is 0. The van der Waals surface area contributed by atoms with Crippen molar-refractivity contribution in [2.24, 2.45) is 5.14 Å². The van der Waals surface area contributed by atoms with Crippen LogP contribution in [0, 0.1) is 11.3 Å².